The third kappa shape index (κ3) is 4.98. The summed E-state index contributed by atoms with van der Waals surface area (Å²) in [6.07, 6.45) is 3.32. The molecule has 41 heavy (non-hydrogen) atoms. The standard InChI is InChI=1S/C31H33N5O5/c1-19-28(20(2)36(33-19)22-8-4-3-5-9-22)31(40)34-15-7-6-10-23(34)18-41-24-11-12-25-21(16-24)17-35(30(25)39)26-13-14-27(37)32-29(26)38/h3-5,8-9,11-12,16,23,26H,6-7,10,13-15,17-18H2,1-2H3,(H,32,37,38)/t23-,26?/m0/s1. The molecule has 1 N–H and O–H groups in total. The Balaban J connectivity index is 1.15. The van der Waals surface area contributed by atoms with E-state index in [-0.39, 0.29) is 36.7 Å². The number of carbonyl (C=O) groups is 4. The summed E-state index contributed by atoms with van der Waals surface area (Å²) in [5.74, 6) is -0.372. The first-order valence-electron chi connectivity index (χ1n) is 14.1. The summed E-state index contributed by atoms with van der Waals surface area (Å²) in [4.78, 5) is 54.2. The second-order valence-corrected chi connectivity index (χ2v) is 11.0. The minimum atomic E-state index is -0.656. The van der Waals surface area contributed by atoms with Crippen LogP contribution in [0.5, 0.6) is 5.75 Å². The number of aryl methyl sites for hydroxylation is 1. The molecule has 0 radical (unpaired) electrons. The zero-order valence-corrected chi connectivity index (χ0v) is 23.3. The van der Waals surface area contributed by atoms with Crippen LogP contribution in [0.1, 0.15) is 69.8 Å². The van der Waals surface area contributed by atoms with Gasteiger partial charge in [-0.05, 0) is 75.4 Å². The molecule has 4 heterocycles. The second-order valence-electron chi connectivity index (χ2n) is 11.0. The lowest BCUT2D eigenvalue weighted by Gasteiger charge is -2.35. The van der Waals surface area contributed by atoms with Gasteiger partial charge in [0.1, 0.15) is 18.4 Å². The van der Waals surface area contributed by atoms with Gasteiger partial charge in [-0.3, -0.25) is 24.5 Å². The molecule has 1 aromatic heterocycles. The van der Waals surface area contributed by atoms with Gasteiger partial charge in [-0.2, -0.15) is 5.10 Å². The molecule has 2 saturated heterocycles. The normalized spacial score (nSPS) is 20.7. The van der Waals surface area contributed by atoms with E-state index >= 15 is 0 Å². The number of carbonyl (C=O) groups excluding carboxylic acids is 4. The number of piperidine rings is 2. The van der Waals surface area contributed by atoms with Gasteiger partial charge in [-0.25, -0.2) is 4.68 Å². The molecule has 2 aromatic carbocycles. The fourth-order valence-electron chi connectivity index (χ4n) is 6.19. The summed E-state index contributed by atoms with van der Waals surface area (Å²) < 4.78 is 8.03. The zero-order valence-electron chi connectivity index (χ0n) is 23.3. The lowest BCUT2D eigenvalue weighted by molar-refractivity contribution is -0.136. The van der Waals surface area contributed by atoms with Crippen molar-refractivity contribution in [3.05, 3.63) is 76.6 Å². The number of hydrogen-bond acceptors (Lipinski definition) is 6. The lowest BCUT2D eigenvalue weighted by atomic mass is 10.0. The number of ether oxygens (including phenoxy) is 1. The maximum atomic E-state index is 13.9. The van der Waals surface area contributed by atoms with E-state index < -0.39 is 11.9 Å². The van der Waals surface area contributed by atoms with Gasteiger partial charge in [0.05, 0.1) is 28.7 Å². The van der Waals surface area contributed by atoms with Crippen LogP contribution in [0.15, 0.2) is 48.5 Å². The Morgan fingerprint density at radius 1 is 1.05 bits per heavy atom. The first-order valence-corrected chi connectivity index (χ1v) is 14.1. The number of likely N-dealkylation sites (tertiary alicyclic amines) is 1. The monoisotopic (exact) mass is 555 g/mol. The highest BCUT2D eigenvalue weighted by Gasteiger charge is 2.39. The zero-order chi connectivity index (χ0) is 28.7. The molecular formula is C31H33N5O5. The molecule has 3 aliphatic rings. The molecule has 4 amide bonds. The molecule has 0 spiro atoms. The second kappa shape index (κ2) is 10.8. The van der Waals surface area contributed by atoms with Gasteiger partial charge in [0.25, 0.3) is 11.8 Å². The maximum Gasteiger partial charge on any atom is 0.257 e. The van der Waals surface area contributed by atoms with Gasteiger partial charge in [0, 0.05) is 25.1 Å². The number of fused-ring (bicyclic) bond motifs is 1. The molecule has 212 valence electrons. The Labute approximate surface area is 238 Å². The fraction of sp³-hybridized carbons (Fsp3) is 0.387. The van der Waals surface area contributed by atoms with Crippen LogP contribution in [0.25, 0.3) is 5.69 Å². The Morgan fingerprint density at radius 2 is 1.85 bits per heavy atom. The molecule has 10 heteroatoms. The van der Waals surface area contributed by atoms with Crippen LogP contribution in [0.2, 0.25) is 0 Å². The van der Waals surface area contributed by atoms with Crippen LogP contribution in [0.3, 0.4) is 0 Å². The van der Waals surface area contributed by atoms with Crippen LogP contribution < -0.4 is 10.1 Å². The number of nitrogens with zero attached hydrogens (tertiary/aromatic N) is 4. The van der Waals surface area contributed by atoms with Crippen molar-refractivity contribution in [1.29, 1.82) is 0 Å². The molecule has 2 atom stereocenters. The SMILES string of the molecule is Cc1nn(-c2ccccc2)c(C)c1C(=O)N1CCCC[C@H]1COc1ccc2c(c1)CN(C1CCC(=O)NC1=O)C2=O. The van der Waals surface area contributed by atoms with Crippen LogP contribution in [0, 0.1) is 13.8 Å². The summed E-state index contributed by atoms with van der Waals surface area (Å²) >= 11 is 0. The van der Waals surface area contributed by atoms with E-state index in [9.17, 15) is 19.2 Å². The number of rotatable bonds is 6. The third-order valence-electron chi connectivity index (χ3n) is 8.33. The highest BCUT2D eigenvalue weighted by molar-refractivity contribution is 6.05. The topological polar surface area (TPSA) is 114 Å². The van der Waals surface area contributed by atoms with E-state index in [1.807, 2.05) is 59.8 Å². The van der Waals surface area contributed by atoms with Crippen molar-refractivity contribution in [3.8, 4) is 11.4 Å². The molecule has 3 aliphatic heterocycles. The predicted octanol–water partition coefficient (Wildman–Crippen LogP) is 3.32. The fourth-order valence-corrected chi connectivity index (χ4v) is 6.19. The lowest BCUT2D eigenvalue weighted by Crippen LogP contribution is -2.52. The predicted molar refractivity (Wildman–Crippen MR) is 150 cm³/mol. The average Bonchev–Trinajstić information content (AvgIpc) is 3.46. The summed E-state index contributed by atoms with van der Waals surface area (Å²) in [6, 6.07) is 14.4. The van der Waals surface area contributed by atoms with Crippen molar-refractivity contribution >= 4 is 23.6 Å². The quantitative estimate of drug-likeness (QED) is 0.467. The molecule has 2 fully saturated rings. The summed E-state index contributed by atoms with van der Waals surface area (Å²) in [7, 11) is 0. The Kier molecular flexibility index (Phi) is 7.07. The maximum absolute atomic E-state index is 13.9. The van der Waals surface area contributed by atoms with Crippen LogP contribution in [-0.2, 0) is 16.1 Å². The van der Waals surface area contributed by atoms with Crippen molar-refractivity contribution in [1.82, 2.24) is 24.9 Å². The van der Waals surface area contributed by atoms with E-state index in [0.29, 0.717) is 42.1 Å². The van der Waals surface area contributed by atoms with E-state index in [0.717, 1.165) is 36.2 Å². The highest BCUT2D eigenvalue weighted by Crippen LogP contribution is 2.31. The minimum absolute atomic E-state index is 0.0325. The van der Waals surface area contributed by atoms with Gasteiger partial charge in [-0.1, -0.05) is 18.2 Å². The largest absolute Gasteiger partial charge is 0.491 e. The van der Waals surface area contributed by atoms with Gasteiger partial charge in [0.15, 0.2) is 0 Å². The van der Waals surface area contributed by atoms with Crippen LogP contribution >= 0.6 is 0 Å². The Morgan fingerprint density at radius 3 is 2.63 bits per heavy atom. The molecule has 0 aliphatic carbocycles. The number of nitrogens with one attached hydrogen (secondary N) is 1. The van der Waals surface area contributed by atoms with E-state index in [1.165, 1.54) is 4.90 Å². The number of para-hydroxylation sites is 1. The van der Waals surface area contributed by atoms with E-state index in [2.05, 4.69) is 10.4 Å². The number of amides is 4. The molecule has 6 rings (SSSR count). The minimum Gasteiger partial charge on any atom is -0.491 e. The van der Waals surface area contributed by atoms with Crippen molar-refractivity contribution in [2.75, 3.05) is 13.2 Å². The van der Waals surface area contributed by atoms with Crippen molar-refractivity contribution in [3.63, 3.8) is 0 Å². The average molecular weight is 556 g/mol. The first-order chi connectivity index (χ1) is 19.8. The van der Waals surface area contributed by atoms with Gasteiger partial charge < -0.3 is 14.5 Å². The molecular weight excluding hydrogens is 522 g/mol. The van der Waals surface area contributed by atoms with Crippen LogP contribution in [-0.4, -0.2) is 68.4 Å². The van der Waals surface area contributed by atoms with Crippen molar-refractivity contribution < 1.29 is 23.9 Å². The van der Waals surface area contributed by atoms with Gasteiger partial charge >= 0.3 is 0 Å². The Hall–Kier alpha value is -4.47. The smallest absolute Gasteiger partial charge is 0.257 e. The molecule has 0 saturated carbocycles. The molecule has 0 bridgehead atoms. The van der Waals surface area contributed by atoms with Gasteiger partial charge in [0.2, 0.25) is 11.8 Å². The van der Waals surface area contributed by atoms with E-state index in [4.69, 9.17) is 4.74 Å². The number of imide groups is 1. The molecule has 3 aromatic rings. The number of aromatic nitrogens is 2. The summed E-state index contributed by atoms with van der Waals surface area (Å²) in [5.41, 5.74) is 4.38. The highest BCUT2D eigenvalue weighted by atomic mass is 16.5. The van der Waals surface area contributed by atoms with E-state index in [1.54, 1.807) is 12.1 Å². The van der Waals surface area contributed by atoms with Crippen LogP contribution in [0.4, 0.5) is 0 Å². The number of hydrogen-bond donors (Lipinski definition) is 1. The van der Waals surface area contributed by atoms with Gasteiger partial charge in [-0.15, -0.1) is 0 Å². The van der Waals surface area contributed by atoms with Crippen molar-refractivity contribution in [2.24, 2.45) is 0 Å². The Bertz CT molecular complexity index is 1530. The summed E-state index contributed by atoms with van der Waals surface area (Å²) in [5, 5.41) is 7.00. The summed E-state index contributed by atoms with van der Waals surface area (Å²) in [6.45, 7) is 5.08. The third-order valence-corrected chi connectivity index (χ3v) is 8.33. The first kappa shape index (κ1) is 26.7. The van der Waals surface area contributed by atoms with Crippen molar-refractivity contribution in [2.45, 2.75) is 64.6 Å². The molecule has 10 nitrogen and oxygen atoms in total. The number of benzene rings is 2. The molecule has 1 unspecified atom stereocenters.